The molecule has 2 rings (SSSR count). The Hall–Kier alpha value is -2.30. The maximum atomic E-state index is 12.6. The van der Waals surface area contributed by atoms with Crippen LogP contribution in [0.15, 0.2) is 34.5 Å². The van der Waals surface area contributed by atoms with E-state index < -0.39 is 21.9 Å². The minimum atomic E-state index is -3.66. The number of nitrogens with one attached hydrogen (secondary N) is 1. The zero-order chi connectivity index (χ0) is 20.0. The van der Waals surface area contributed by atoms with Crippen molar-refractivity contribution < 1.29 is 22.7 Å². The highest BCUT2D eigenvalue weighted by atomic mass is 32.2. The average molecular weight is 412 g/mol. The Balaban J connectivity index is 2.20. The number of anilines is 1. The molecule has 8 nitrogen and oxygen atoms in total. The van der Waals surface area contributed by atoms with Gasteiger partial charge in [0.2, 0.25) is 10.0 Å². The van der Waals surface area contributed by atoms with E-state index in [1.807, 2.05) is 0 Å². The summed E-state index contributed by atoms with van der Waals surface area (Å²) in [6.07, 6.45) is 0. The maximum Gasteiger partial charge on any atom is 0.357 e. The van der Waals surface area contributed by atoms with E-state index >= 15 is 0 Å². The molecular formula is C17H21N3O5S2. The Kier molecular flexibility index (Phi) is 7.05. The number of carbonyl (C=O) groups excluding carboxylic acids is 2. The van der Waals surface area contributed by atoms with Crippen LogP contribution in [0.5, 0.6) is 0 Å². The lowest BCUT2D eigenvalue weighted by atomic mass is 10.2. The minimum absolute atomic E-state index is 0.0465. The monoisotopic (exact) mass is 411 g/mol. The van der Waals surface area contributed by atoms with Crippen LogP contribution >= 0.6 is 11.3 Å². The van der Waals surface area contributed by atoms with Gasteiger partial charge in [-0.15, -0.1) is 11.3 Å². The number of amides is 1. The molecule has 27 heavy (non-hydrogen) atoms. The first-order valence-electron chi connectivity index (χ1n) is 8.37. The van der Waals surface area contributed by atoms with E-state index in [-0.39, 0.29) is 27.9 Å². The lowest BCUT2D eigenvalue weighted by Crippen LogP contribution is -2.30. The molecule has 0 spiro atoms. The fourth-order valence-corrected chi connectivity index (χ4v) is 4.49. The minimum Gasteiger partial charge on any atom is -0.461 e. The number of rotatable bonds is 8. The van der Waals surface area contributed by atoms with Gasteiger partial charge >= 0.3 is 5.97 Å². The largest absolute Gasteiger partial charge is 0.461 e. The first-order valence-corrected chi connectivity index (χ1v) is 10.7. The maximum absolute atomic E-state index is 12.6. The van der Waals surface area contributed by atoms with Gasteiger partial charge < -0.3 is 4.74 Å². The number of carbonyl (C=O) groups is 2. The van der Waals surface area contributed by atoms with Gasteiger partial charge in [0.05, 0.1) is 11.5 Å². The average Bonchev–Trinajstić information content (AvgIpc) is 3.11. The number of thiazole rings is 1. The van der Waals surface area contributed by atoms with Crippen LogP contribution in [-0.2, 0) is 14.8 Å². The molecule has 0 bridgehead atoms. The number of ether oxygens (including phenoxy) is 1. The van der Waals surface area contributed by atoms with Crippen LogP contribution in [-0.4, -0.2) is 49.3 Å². The van der Waals surface area contributed by atoms with E-state index in [1.165, 1.54) is 34.0 Å². The first kappa shape index (κ1) is 21.0. The molecule has 146 valence electrons. The van der Waals surface area contributed by atoms with E-state index in [1.54, 1.807) is 20.8 Å². The van der Waals surface area contributed by atoms with Crippen LogP contribution in [0.3, 0.4) is 0 Å². The van der Waals surface area contributed by atoms with Crippen LogP contribution in [0.2, 0.25) is 0 Å². The van der Waals surface area contributed by atoms with Gasteiger partial charge in [0.1, 0.15) is 0 Å². The molecule has 0 aliphatic rings. The van der Waals surface area contributed by atoms with Gasteiger partial charge in [0.25, 0.3) is 5.91 Å². The van der Waals surface area contributed by atoms with E-state index in [0.717, 1.165) is 11.3 Å². The van der Waals surface area contributed by atoms with Crippen molar-refractivity contribution in [1.29, 1.82) is 0 Å². The number of aromatic nitrogens is 1. The lowest BCUT2D eigenvalue weighted by Gasteiger charge is -2.18. The molecule has 1 aromatic heterocycles. The number of esters is 1. The summed E-state index contributed by atoms with van der Waals surface area (Å²) in [5, 5.41) is 4.27. The molecule has 0 atom stereocenters. The van der Waals surface area contributed by atoms with Crippen molar-refractivity contribution in [3.05, 3.63) is 40.9 Å². The fraction of sp³-hybridized carbons (Fsp3) is 0.353. The third-order valence-electron chi connectivity index (χ3n) is 3.65. The zero-order valence-electron chi connectivity index (χ0n) is 15.3. The standard InChI is InChI=1S/C17H21N3O5S2/c1-4-20(5-2)27(23,24)13-9-7-8-12(10-13)15(21)19-17-18-14(11-26-17)16(22)25-6-3/h7-11H,4-6H2,1-3H3,(H,18,19,21). The van der Waals surface area contributed by atoms with Gasteiger partial charge in [-0.05, 0) is 25.1 Å². The second-order valence-electron chi connectivity index (χ2n) is 5.33. The molecule has 10 heteroatoms. The molecule has 1 heterocycles. The van der Waals surface area contributed by atoms with E-state index in [4.69, 9.17) is 4.74 Å². The fourth-order valence-electron chi connectivity index (χ4n) is 2.31. The summed E-state index contributed by atoms with van der Waals surface area (Å²) < 4.78 is 31.4. The van der Waals surface area contributed by atoms with Gasteiger partial charge in [-0.3, -0.25) is 10.1 Å². The molecule has 2 aromatic rings. The number of benzene rings is 1. The van der Waals surface area contributed by atoms with E-state index in [9.17, 15) is 18.0 Å². The molecule has 1 aromatic carbocycles. The highest BCUT2D eigenvalue weighted by Gasteiger charge is 2.23. The summed E-state index contributed by atoms with van der Waals surface area (Å²) in [6, 6.07) is 5.79. The molecule has 0 radical (unpaired) electrons. The normalized spacial score (nSPS) is 11.4. The van der Waals surface area contributed by atoms with Crippen molar-refractivity contribution in [1.82, 2.24) is 9.29 Å². The van der Waals surface area contributed by atoms with Gasteiger partial charge in [-0.2, -0.15) is 4.31 Å². The van der Waals surface area contributed by atoms with Gasteiger partial charge in [0, 0.05) is 24.0 Å². The summed E-state index contributed by atoms with van der Waals surface area (Å²) in [7, 11) is -3.66. The Morgan fingerprint density at radius 3 is 2.56 bits per heavy atom. The van der Waals surface area contributed by atoms with Crippen molar-refractivity contribution in [2.45, 2.75) is 25.7 Å². The summed E-state index contributed by atoms with van der Waals surface area (Å²) >= 11 is 1.08. The van der Waals surface area contributed by atoms with Gasteiger partial charge in [0.15, 0.2) is 10.8 Å². The van der Waals surface area contributed by atoms with Gasteiger partial charge in [-0.25, -0.2) is 18.2 Å². The van der Waals surface area contributed by atoms with Crippen LogP contribution in [0, 0.1) is 0 Å². The summed E-state index contributed by atoms with van der Waals surface area (Å²) in [4.78, 5) is 28.1. The molecule has 0 aliphatic carbocycles. The number of hydrogen-bond acceptors (Lipinski definition) is 7. The molecule has 0 saturated heterocycles. The molecule has 0 saturated carbocycles. The molecular weight excluding hydrogens is 390 g/mol. The third kappa shape index (κ3) is 4.90. The smallest absolute Gasteiger partial charge is 0.357 e. The number of sulfonamides is 1. The predicted molar refractivity (Wildman–Crippen MR) is 103 cm³/mol. The van der Waals surface area contributed by atoms with Crippen molar-refractivity contribution in [2.75, 3.05) is 25.0 Å². The predicted octanol–water partition coefficient (Wildman–Crippen LogP) is 2.60. The topological polar surface area (TPSA) is 106 Å². The Morgan fingerprint density at radius 2 is 1.93 bits per heavy atom. The Labute approximate surface area is 162 Å². The molecule has 0 aliphatic heterocycles. The summed E-state index contributed by atoms with van der Waals surface area (Å²) in [5.74, 6) is -1.09. The molecule has 0 unspecified atom stereocenters. The van der Waals surface area contributed by atoms with E-state index in [0.29, 0.717) is 13.1 Å². The van der Waals surface area contributed by atoms with Crippen LogP contribution in [0.4, 0.5) is 5.13 Å². The lowest BCUT2D eigenvalue weighted by molar-refractivity contribution is 0.0520. The van der Waals surface area contributed by atoms with Crippen molar-refractivity contribution in [3.8, 4) is 0 Å². The van der Waals surface area contributed by atoms with Crippen LogP contribution < -0.4 is 5.32 Å². The third-order valence-corrected chi connectivity index (χ3v) is 6.45. The van der Waals surface area contributed by atoms with E-state index in [2.05, 4.69) is 10.3 Å². The van der Waals surface area contributed by atoms with Crippen LogP contribution in [0.25, 0.3) is 0 Å². The second-order valence-corrected chi connectivity index (χ2v) is 8.13. The summed E-state index contributed by atoms with van der Waals surface area (Å²) in [6.45, 7) is 6.09. The molecule has 1 N–H and O–H groups in total. The Bertz CT molecular complexity index is 920. The highest BCUT2D eigenvalue weighted by Crippen LogP contribution is 2.20. The molecule has 1 amide bonds. The zero-order valence-corrected chi connectivity index (χ0v) is 16.9. The second kappa shape index (κ2) is 9.07. The van der Waals surface area contributed by atoms with Crippen molar-refractivity contribution >= 4 is 38.4 Å². The Morgan fingerprint density at radius 1 is 1.22 bits per heavy atom. The van der Waals surface area contributed by atoms with Crippen molar-refractivity contribution in [3.63, 3.8) is 0 Å². The number of hydrogen-bond donors (Lipinski definition) is 1. The first-order chi connectivity index (χ1) is 12.8. The van der Waals surface area contributed by atoms with Crippen molar-refractivity contribution in [2.24, 2.45) is 0 Å². The van der Waals surface area contributed by atoms with Crippen LogP contribution in [0.1, 0.15) is 41.6 Å². The summed E-state index contributed by atoms with van der Waals surface area (Å²) in [5.41, 5.74) is 0.283. The highest BCUT2D eigenvalue weighted by molar-refractivity contribution is 7.89. The molecule has 0 fully saturated rings. The SMILES string of the molecule is CCOC(=O)c1csc(NC(=O)c2cccc(S(=O)(=O)N(CC)CC)c2)n1. The quantitative estimate of drug-likeness (QED) is 0.670. The number of nitrogens with zero attached hydrogens (tertiary/aromatic N) is 2. The van der Waals surface area contributed by atoms with Gasteiger partial charge in [-0.1, -0.05) is 19.9 Å².